The standard InChI is InChI=1S/C31H21N.C31H23N.C21H19N.C20H15N.C16H19N/c1-2-10-21(11-3-1)32-22-18-19-26-25-14-6-9-17-29(25)31(30(26)20-22)27-15-7-4-12-23(27)24-13-5-8-16-28(24)31;1-4-12-23(13-5-1)31(24-14-6-2-7-15-24)29-19-11-10-18-27(29)28-21-20-26(22-30(28)31)32-25-16-8-3-9-17-25;1-21(2)19-11-7-6-10-17(19)18-13-12-16(14-20(18)21)22-15-8-4-3-5-9-15;1-3-11-17-15(7-1)9-5-13-19(17)21-20-14-6-10-16-8-2-4-12-18(16)20;1-16(2,3)13-9-11-15(12-10-13)17-14-7-5-4-6-8-14/h1-20,32H;1-22,32H;3-14,22H,1-2H3;1-14,21H;4-12,17H,1-3H3. The van der Waals surface area contributed by atoms with Gasteiger partial charge in [-0.25, -0.2) is 0 Å². The zero-order chi connectivity index (χ0) is 84.0. The Morgan fingerprint density at radius 2 is 0.444 bits per heavy atom. The molecule has 124 heavy (non-hydrogen) atoms. The van der Waals surface area contributed by atoms with Crippen LogP contribution in [0.15, 0.2) is 467 Å². The summed E-state index contributed by atoms with van der Waals surface area (Å²) in [6, 6.07) is 166. The molecule has 23 rings (SSSR count). The lowest BCUT2D eigenvalue weighted by atomic mass is 9.67. The number of rotatable bonds is 12. The number of nitrogens with one attached hydrogen (secondary N) is 5. The van der Waals surface area contributed by atoms with E-state index in [2.05, 4.69) is 492 Å². The third-order valence-electron chi connectivity index (χ3n) is 24.9. The number of hydrogen-bond acceptors (Lipinski definition) is 5. The SMILES string of the molecule is CC(C)(C)c1ccc(Nc2ccccc2)cc1.CC1(C)c2ccccc2-c2ccc(Nc3ccccc3)cc21.c1ccc(Nc2ccc3c(c2)C(c2ccccc2)(c2ccccc2)c2ccccc2-3)cc1.c1ccc(Nc2ccc3c(c2)C2(c4ccccc4-c4ccccc42)c2ccccc2-3)cc1.c1ccc2c(Nc3cccc4ccccc34)cccc2c1. The molecule has 0 fully saturated rings. The van der Waals surface area contributed by atoms with Crippen LogP contribution in [0.1, 0.15) is 95.8 Å². The Bertz CT molecular complexity index is 6670. The third-order valence-corrected chi connectivity index (χ3v) is 24.9. The predicted molar refractivity (Wildman–Crippen MR) is 526 cm³/mol. The zero-order valence-electron chi connectivity index (χ0n) is 70.5. The van der Waals surface area contributed by atoms with Crippen LogP contribution in [-0.4, -0.2) is 0 Å². The Kier molecular flexibility index (Phi) is 21.6. The number of hydrogen-bond donors (Lipinski definition) is 5. The summed E-state index contributed by atoms with van der Waals surface area (Å²) in [7, 11) is 0. The van der Waals surface area contributed by atoms with Crippen molar-refractivity contribution in [1.82, 2.24) is 0 Å². The van der Waals surface area contributed by atoms with Gasteiger partial charge in [-0.3, -0.25) is 0 Å². The maximum Gasteiger partial charge on any atom is 0.0726 e. The van der Waals surface area contributed by atoms with Gasteiger partial charge in [0, 0.05) is 73.1 Å². The summed E-state index contributed by atoms with van der Waals surface area (Å²) < 4.78 is 0. The number of benzene rings is 19. The Morgan fingerprint density at radius 3 is 0.823 bits per heavy atom. The van der Waals surface area contributed by atoms with Crippen LogP contribution in [0.5, 0.6) is 0 Å². The van der Waals surface area contributed by atoms with E-state index < -0.39 is 0 Å². The van der Waals surface area contributed by atoms with Gasteiger partial charge in [0.05, 0.1) is 10.8 Å². The summed E-state index contributed by atoms with van der Waals surface area (Å²) in [5, 5.41) is 22.7. The van der Waals surface area contributed by atoms with Crippen molar-refractivity contribution in [2.45, 2.75) is 56.3 Å². The summed E-state index contributed by atoms with van der Waals surface area (Å²) in [5.41, 5.74) is 36.4. The molecule has 0 saturated heterocycles. The molecule has 1 spiro atoms. The van der Waals surface area contributed by atoms with Crippen molar-refractivity contribution in [1.29, 1.82) is 0 Å². The van der Waals surface area contributed by atoms with Crippen LogP contribution in [0.4, 0.5) is 56.9 Å². The van der Waals surface area contributed by atoms with E-state index in [4.69, 9.17) is 0 Å². The van der Waals surface area contributed by atoms with E-state index >= 15 is 0 Å². The molecule has 5 N–H and O–H groups in total. The van der Waals surface area contributed by atoms with E-state index in [0.717, 1.165) is 56.9 Å². The summed E-state index contributed by atoms with van der Waals surface area (Å²) >= 11 is 0. The fourth-order valence-corrected chi connectivity index (χ4v) is 19.1. The van der Waals surface area contributed by atoms with Gasteiger partial charge in [0.2, 0.25) is 0 Å². The monoisotopic (exact) mass is 1600 g/mol. The van der Waals surface area contributed by atoms with Crippen molar-refractivity contribution in [3.63, 3.8) is 0 Å². The molecule has 0 unspecified atom stereocenters. The molecule has 0 amide bonds. The predicted octanol–water partition coefficient (Wildman–Crippen LogP) is 31.8. The molecule has 19 aromatic carbocycles. The topological polar surface area (TPSA) is 60.1 Å². The van der Waals surface area contributed by atoms with E-state index in [1.807, 2.05) is 36.4 Å². The van der Waals surface area contributed by atoms with E-state index in [-0.39, 0.29) is 21.7 Å². The van der Waals surface area contributed by atoms with Crippen LogP contribution < -0.4 is 26.6 Å². The highest BCUT2D eigenvalue weighted by Crippen LogP contribution is 2.64. The Morgan fingerprint density at radius 1 is 0.185 bits per heavy atom. The van der Waals surface area contributed by atoms with Gasteiger partial charge in [-0.05, 0) is 231 Å². The molecule has 0 saturated carbocycles. The maximum atomic E-state index is 3.61. The fourth-order valence-electron chi connectivity index (χ4n) is 19.1. The molecule has 5 nitrogen and oxygen atoms in total. The number of para-hydroxylation sites is 4. The van der Waals surface area contributed by atoms with Crippen molar-refractivity contribution in [3.05, 3.63) is 528 Å². The van der Waals surface area contributed by atoms with Gasteiger partial charge in [0.25, 0.3) is 0 Å². The maximum absolute atomic E-state index is 3.61. The Hall–Kier alpha value is -15.3. The minimum atomic E-state index is -0.358. The minimum absolute atomic E-state index is 0.0559. The van der Waals surface area contributed by atoms with E-state index in [1.165, 1.54) is 127 Å². The van der Waals surface area contributed by atoms with Crippen LogP contribution in [0, 0.1) is 0 Å². The Balaban J connectivity index is 0.000000104. The second-order valence-electron chi connectivity index (χ2n) is 33.8. The lowest BCUT2D eigenvalue weighted by Gasteiger charge is -2.34. The highest BCUT2D eigenvalue weighted by Gasteiger charge is 2.52. The average molecular weight is 1600 g/mol. The number of fused-ring (bicyclic) bond motifs is 18. The molecule has 0 heterocycles. The van der Waals surface area contributed by atoms with Crippen molar-refractivity contribution >= 4 is 78.4 Å². The van der Waals surface area contributed by atoms with E-state index in [0.29, 0.717) is 0 Å². The van der Waals surface area contributed by atoms with Crippen LogP contribution in [-0.2, 0) is 21.7 Å². The van der Waals surface area contributed by atoms with Gasteiger partial charge in [0.15, 0.2) is 0 Å². The molecule has 0 aliphatic heterocycles. The first kappa shape index (κ1) is 78.5. The lowest BCUT2D eigenvalue weighted by Crippen LogP contribution is -2.28. The first-order chi connectivity index (χ1) is 60.9. The highest BCUT2D eigenvalue weighted by molar-refractivity contribution is 6.01. The van der Waals surface area contributed by atoms with Gasteiger partial charge in [0.1, 0.15) is 0 Å². The second kappa shape index (κ2) is 34.1. The van der Waals surface area contributed by atoms with E-state index in [9.17, 15) is 0 Å². The molecular weight excluding hydrogens is 1500 g/mol. The van der Waals surface area contributed by atoms with Gasteiger partial charge in [-0.15, -0.1) is 0 Å². The first-order valence-electron chi connectivity index (χ1n) is 43.0. The third kappa shape index (κ3) is 15.1. The fraction of sp³-hybridized carbons (Fsp3) is 0.0756. The zero-order valence-corrected chi connectivity index (χ0v) is 70.5. The summed E-state index contributed by atoms with van der Waals surface area (Å²) in [6.45, 7) is 11.3. The summed E-state index contributed by atoms with van der Waals surface area (Å²) in [4.78, 5) is 0. The molecule has 19 aromatic rings. The summed E-state index contributed by atoms with van der Waals surface area (Å²) in [6.07, 6.45) is 0. The minimum Gasteiger partial charge on any atom is -0.356 e. The molecule has 4 aliphatic rings. The van der Waals surface area contributed by atoms with Gasteiger partial charge >= 0.3 is 0 Å². The molecule has 4 aliphatic carbocycles. The van der Waals surface area contributed by atoms with Crippen molar-refractivity contribution in [2.75, 3.05) is 26.6 Å². The summed E-state index contributed by atoms with van der Waals surface area (Å²) in [5.74, 6) is 0. The molecule has 0 bridgehead atoms. The van der Waals surface area contributed by atoms with Crippen LogP contribution in [0.3, 0.4) is 0 Å². The average Bonchev–Trinajstić information content (AvgIpc) is 1.51. The number of anilines is 10. The van der Waals surface area contributed by atoms with E-state index in [1.54, 1.807) is 0 Å². The Labute approximate surface area is 729 Å². The molecule has 0 radical (unpaired) electrons. The van der Waals surface area contributed by atoms with Crippen molar-refractivity contribution in [2.24, 2.45) is 0 Å². The van der Waals surface area contributed by atoms with Gasteiger partial charge < -0.3 is 26.6 Å². The molecule has 5 heteroatoms. The normalized spacial score (nSPS) is 12.9. The van der Waals surface area contributed by atoms with Gasteiger partial charge in [-0.2, -0.15) is 0 Å². The lowest BCUT2D eigenvalue weighted by molar-refractivity contribution is 0.590. The quantitative estimate of drug-likeness (QED) is 0.0844. The molecular formula is C119H97N5. The smallest absolute Gasteiger partial charge is 0.0726 e. The molecule has 598 valence electrons. The van der Waals surface area contributed by atoms with Crippen molar-refractivity contribution in [3.8, 4) is 44.5 Å². The van der Waals surface area contributed by atoms with Crippen LogP contribution >= 0.6 is 0 Å². The first-order valence-corrected chi connectivity index (χ1v) is 43.0. The second-order valence-corrected chi connectivity index (χ2v) is 33.8. The van der Waals surface area contributed by atoms with Crippen LogP contribution in [0.2, 0.25) is 0 Å². The largest absolute Gasteiger partial charge is 0.356 e. The van der Waals surface area contributed by atoms with Crippen molar-refractivity contribution < 1.29 is 0 Å². The van der Waals surface area contributed by atoms with Crippen LogP contribution in [0.25, 0.3) is 66.1 Å². The molecule has 0 aromatic heterocycles. The van der Waals surface area contributed by atoms with Gasteiger partial charge in [-0.1, -0.05) is 393 Å². The molecule has 0 atom stereocenters. The highest BCUT2D eigenvalue weighted by atomic mass is 14.9.